The predicted octanol–water partition coefficient (Wildman–Crippen LogP) is 3.80. The molecular formula is C15H11ClFN3O4S. The van der Waals surface area contributed by atoms with E-state index in [4.69, 9.17) is 20.4 Å². The van der Waals surface area contributed by atoms with Gasteiger partial charge >= 0.3 is 0 Å². The molecule has 1 fully saturated rings. The first-order chi connectivity index (χ1) is 11.9. The number of nitrogens with zero attached hydrogens (tertiary/aromatic N) is 2. The Morgan fingerprint density at radius 3 is 2.68 bits per heavy atom. The van der Waals surface area contributed by atoms with Crippen LogP contribution in [0.15, 0.2) is 44.3 Å². The van der Waals surface area contributed by atoms with Crippen LogP contribution < -0.4 is 4.72 Å². The minimum absolute atomic E-state index is 0.109. The molecule has 4 rings (SSSR count). The van der Waals surface area contributed by atoms with Crippen LogP contribution in [0.2, 0.25) is 5.02 Å². The molecule has 0 amide bonds. The molecule has 7 nitrogen and oxygen atoms in total. The van der Waals surface area contributed by atoms with Crippen LogP contribution >= 0.6 is 11.6 Å². The zero-order valence-electron chi connectivity index (χ0n) is 12.6. The summed E-state index contributed by atoms with van der Waals surface area (Å²) < 4.78 is 50.9. The predicted molar refractivity (Wildman–Crippen MR) is 86.2 cm³/mol. The van der Waals surface area contributed by atoms with Crippen LogP contribution in [0.1, 0.15) is 24.7 Å². The maximum absolute atomic E-state index is 13.2. The van der Waals surface area contributed by atoms with Crippen LogP contribution in [0.25, 0.3) is 11.7 Å². The van der Waals surface area contributed by atoms with Crippen LogP contribution in [0.4, 0.5) is 10.1 Å². The molecule has 0 radical (unpaired) electrons. The van der Waals surface area contributed by atoms with E-state index >= 15 is 0 Å². The fraction of sp³-hybridized carbons (Fsp3) is 0.200. The molecule has 0 aliphatic heterocycles. The quantitative estimate of drug-likeness (QED) is 0.719. The van der Waals surface area contributed by atoms with E-state index in [-0.39, 0.29) is 33.4 Å². The Kier molecular flexibility index (Phi) is 3.77. The number of rotatable bonds is 5. The summed E-state index contributed by atoms with van der Waals surface area (Å²) in [5.41, 5.74) is 0.109. The van der Waals surface area contributed by atoms with Crippen LogP contribution in [0.5, 0.6) is 0 Å². The highest BCUT2D eigenvalue weighted by atomic mass is 35.5. The number of benzene rings is 1. The molecule has 130 valence electrons. The lowest BCUT2D eigenvalue weighted by atomic mass is 10.3. The van der Waals surface area contributed by atoms with Crippen molar-refractivity contribution in [1.29, 1.82) is 0 Å². The first kappa shape index (κ1) is 16.1. The van der Waals surface area contributed by atoms with Gasteiger partial charge in [0.25, 0.3) is 15.9 Å². The van der Waals surface area contributed by atoms with Gasteiger partial charge in [0.2, 0.25) is 11.0 Å². The normalized spacial score (nSPS) is 14.6. The highest BCUT2D eigenvalue weighted by Crippen LogP contribution is 2.40. The Morgan fingerprint density at radius 2 is 1.96 bits per heavy atom. The Hall–Kier alpha value is -2.39. The molecule has 0 unspecified atom stereocenters. The van der Waals surface area contributed by atoms with E-state index in [9.17, 15) is 12.8 Å². The van der Waals surface area contributed by atoms with Gasteiger partial charge in [0.05, 0.1) is 10.7 Å². The lowest BCUT2D eigenvalue weighted by Crippen LogP contribution is -2.12. The topological polar surface area (TPSA) is 98.2 Å². The number of hydrogen-bond acceptors (Lipinski definition) is 6. The number of hydrogen-bond donors (Lipinski definition) is 1. The van der Waals surface area contributed by atoms with Gasteiger partial charge in [-0.1, -0.05) is 11.6 Å². The molecule has 1 aliphatic carbocycles. The van der Waals surface area contributed by atoms with Gasteiger partial charge in [0, 0.05) is 5.92 Å². The number of aromatic nitrogens is 2. The fourth-order valence-electron chi connectivity index (χ4n) is 2.17. The van der Waals surface area contributed by atoms with Crippen molar-refractivity contribution in [2.45, 2.75) is 23.9 Å². The molecule has 25 heavy (non-hydrogen) atoms. The molecule has 0 atom stereocenters. The van der Waals surface area contributed by atoms with E-state index in [0.29, 0.717) is 5.89 Å². The van der Waals surface area contributed by atoms with E-state index in [1.54, 1.807) is 0 Å². The number of nitrogens with one attached hydrogen (secondary N) is 1. The number of halogens is 2. The van der Waals surface area contributed by atoms with E-state index in [2.05, 4.69) is 14.9 Å². The van der Waals surface area contributed by atoms with Gasteiger partial charge in [-0.2, -0.15) is 8.42 Å². The van der Waals surface area contributed by atoms with E-state index < -0.39 is 15.8 Å². The molecule has 0 bridgehead atoms. The summed E-state index contributed by atoms with van der Waals surface area (Å²) in [7, 11) is -4.01. The first-order valence-electron chi connectivity index (χ1n) is 7.34. The Morgan fingerprint density at radius 1 is 1.16 bits per heavy atom. The number of furan rings is 1. The second-order valence-electron chi connectivity index (χ2n) is 5.57. The lowest BCUT2D eigenvalue weighted by molar-refractivity contribution is 0.435. The maximum atomic E-state index is 13.2. The summed E-state index contributed by atoms with van der Waals surface area (Å²) in [6, 6.07) is 6.17. The van der Waals surface area contributed by atoms with Crippen molar-refractivity contribution in [2.24, 2.45) is 0 Å². The van der Waals surface area contributed by atoms with Crippen LogP contribution in [0, 0.1) is 5.82 Å². The monoisotopic (exact) mass is 383 g/mol. The molecule has 0 saturated heterocycles. The largest absolute Gasteiger partial charge is 0.438 e. The van der Waals surface area contributed by atoms with Crippen molar-refractivity contribution >= 4 is 27.3 Å². The summed E-state index contributed by atoms with van der Waals surface area (Å²) in [4.78, 5) is 0. The zero-order valence-corrected chi connectivity index (χ0v) is 14.1. The SMILES string of the molecule is O=S(=O)(Nc1ccc(F)c(Cl)c1)c1ccc(-c2nnc(C3CC3)o2)o1. The third kappa shape index (κ3) is 3.24. The Bertz CT molecular complexity index is 1040. The second kappa shape index (κ2) is 5.85. The summed E-state index contributed by atoms with van der Waals surface area (Å²) in [6.07, 6.45) is 2.01. The third-order valence-corrected chi connectivity index (χ3v) is 5.14. The average molecular weight is 384 g/mol. The average Bonchev–Trinajstić information content (AvgIpc) is 3.10. The Labute approximate surface area is 146 Å². The minimum atomic E-state index is -4.01. The van der Waals surface area contributed by atoms with Crippen LogP contribution in [-0.4, -0.2) is 18.6 Å². The highest BCUT2D eigenvalue weighted by molar-refractivity contribution is 7.92. The summed E-state index contributed by atoms with van der Waals surface area (Å²) in [5, 5.41) is 7.25. The van der Waals surface area contributed by atoms with E-state index in [1.807, 2.05) is 0 Å². The maximum Gasteiger partial charge on any atom is 0.295 e. The standard InChI is InChI=1S/C15H11ClFN3O4S/c16-10-7-9(3-4-11(10)17)20-25(21,22)13-6-5-12(23-13)15-19-18-14(24-15)8-1-2-8/h3-8,20H,1-2H2. The van der Waals surface area contributed by atoms with Gasteiger partial charge in [0.1, 0.15) is 5.82 Å². The van der Waals surface area contributed by atoms with E-state index in [0.717, 1.165) is 25.0 Å². The van der Waals surface area contributed by atoms with Crippen molar-refractivity contribution in [1.82, 2.24) is 10.2 Å². The molecule has 3 aromatic rings. The highest BCUT2D eigenvalue weighted by Gasteiger charge is 2.30. The lowest BCUT2D eigenvalue weighted by Gasteiger charge is -2.06. The molecule has 1 aliphatic rings. The number of sulfonamides is 1. The molecule has 1 N–H and O–H groups in total. The van der Waals surface area contributed by atoms with Gasteiger partial charge in [0.15, 0.2) is 5.76 Å². The van der Waals surface area contributed by atoms with Crippen LogP contribution in [0.3, 0.4) is 0 Å². The van der Waals surface area contributed by atoms with Crippen molar-refractivity contribution in [3.05, 3.63) is 47.1 Å². The smallest absolute Gasteiger partial charge is 0.295 e. The molecular weight excluding hydrogens is 373 g/mol. The van der Waals surface area contributed by atoms with Crippen molar-refractivity contribution in [3.63, 3.8) is 0 Å². The molecule has 10 heteroatoms. The fourth-order valence-corrected chi connectivity index (χ4v) is 3.34. The summed E-state index contributed by atoms with van der Waals surface area (Å²) >= 11 is 5.64. The molecule has 1 saturated carbocycles. The van der Waals surface area contributed by atoms with Gasteiger partial charge < -0.3 is 8.83 Å². The van der Waals surface area contributed by atoms with E-state index in [1.165, 1.54) is 18.2 Å². The first-order valence-corrected chi connectivity index (χ1v) is 9.20. The van der Waals surface area contributed by atoms with Gasteiger partial charge in [-0.3, -0.25) is 4.72 Å². The molecule has 2 heterocycles. The van der Waals surface area contributed by atoms with Crippen LogP contribution in [-0.2, 0) is 10.0 Å². The molecule has 1 aromatic carbocycles. The third-order valence-electron chi connectivity index (χ3n) is 3.60. The van der Waals surface area contributed by atoms with Crippen molar-refractivity contribution in [3.8, 4) is 11.7 Å². The van der Waals surface area contributed by atoms with Gasteiger partial charge in [-0.05, 0) is 43.2 Å². The second-order valence-corrected chi connectivity index (χ2v) is 7.59. The van der Waals surface area contributed by atoms with Gasteiger partial charge in [-0.25, -0.2) is 4.39 Å². The Balaban J connectivity index is 1.57. The zero-order chi connectivity index (χ0) is 17.6. The summed E-state index contributed by atoms with van der Waals surface area (Å²) in [5.74, 6) is 0.428. The summed E-state index contributed by atoms with van der Waals surface area (Å²) in [6.45, 7) is 0. The molecule has 2 aromatic heterocycles. The van der Waals surface area contributed by atoms with Crippen molar-refractivity contribution in [2.75, 3.05) is 4.72 Å². The van der Waals surface area contributed by atoms with Crippen molar-refractivity contribution < 1.29 is 21.6 Å². The number of anilines is 1. The minimum Gasteiger partial charge on any atom is -0.438 e. The molecule has 0 spiro atoms. The van der Waals surface area contributed by atoms with Gasteiger partial charge in [-0.15, -0.1) is 10.2 Å².